The lowest BCUT2D eigenvalue weighted by Gasteiger charge is -2.04. The van der Waals surface area contributed by atoms with E-state index in [1.807, 2.05) is 0 Å². The van der Waals surface area contributed by atoms with Gasteiger partial charge in [0, 0.05) is 5.56 Å². The Kier molecular flexibility index (Phi) is 3.49. The number of carbonyl (C=O) groups excluding carboxylic acids is 1. The first-order chi connectivity index (χ1) is 6.54. The van der Waals surface area contributed by atoms with Gasteiger partial charge in [0.25, 0.3) is 0 Å². The van der Waals surface area contributed by atoms with Crippen LogP contribution in [0.15, 0.2) is 12.1 Å². The molecule has 0 saturated heterocycles. The molecule has 0 amide bonds. The fourth-order valence-corrected chi connectivity index (χ4v) is 1.45. The Balaban J connectivity index is 3.19. The largest absolute Gasteiger partial charge is 0.481 e. The average molecular weight is 233 g/mol. The summed E-state index contributed by atoms with van der Waals surface area (Å²) in [6.45, 7) is 0. The van der Waals surface area contributed by atoms with E-state index in [2.05, 4.69) is 0 Å². The van der Waals surface area contributed by atoms with Crippen LogP contribution < -0.4 is 0 Å². The van der Waals surface area contributed by atoms with Crippen LogP contribution in [-0.2, 0) is 11.2 Å². The van der Waals surface area contributed by atoms with Gasteiger partial charge in [-0.1, -0.05) is 23.2 Å². The summed E-state index contributed by atoms with van der Waals surface area (Å²) in [5.41, 5.74) is 0.657. The summed E-state index contributed by atoms with van der Waals surface area (Å²) in [5.74, 6) is -1.02. The molecule has 0 heterocycles. The molecule has 0 aromatic heterocycles. The Morgan fingerprint density at radius 3 is 2.57 bits per heavy atom. The lowest BCUT2D eigenvalue weighted by Crippen LogP contribution is -2.01. The SMILES string of the molecule is O=Cc1cc(Cl)c(Cl)c(CC(=O)O)c1. The van der Waals surface area contributed by atoms with Crippen LogP contribution in [0.3, 0.4) is 0 Å². The molecule has 0 radical (unpaired) electrons. The number of rotatable bonds is 3. The molecule has 14 heavy (non-hydrogen) atoms. The van der Waals surface area contributed by atoms with Gasteiger partial charge in [-0.2, -0.15) is 0 Å². The second-order valence-corrected chi connectivity index (χ2v) is 3.45. The smallest absolute Gasteiger partial charge is 0.307 e. The van der Waals surface area contributed by atoms with Crippen molar-refractivity contribution in [1.82, 2.24) is 0 Å². The minimum Gasteiger partial charge on any atom is -0.481 e. The second-order valence-electron chi connectivity index (χ2n) is 2.66. The van der Waals surface area contributed by atoms with Crippen molar-refractivity contribution in [1.29, 1.82) is 0 Å². The van der Waals surface area contributed by atoms with Crippen LogP contribution in [0.2, 0.25) is 10.0 Å². The maximum absolute atomic E-state index is 10.5. The lowest BCUT2D eigenvalue weighted by atomic mass is 10.1. The molecular formula is C9H6Cl2O3. The van der Waals surface area contributed by atoms with Crippen molar-refractivity contribution < 1.29 is 14.7 Å². The Morgan fingerprint density at radius 2 is 2.07 bits per heavy atom. The van der Waals surface area contributed by atoms with Crippen molar-refractivity contribution in [2.75, 3.05) is 0 Å². The minimum atomic E-state index is -1.02. The van der Waals surface area contributed by atoms with E-state index < -0.39 is 5.97 Å². The Hall–Kier alpha value is -1.06. The number of carboxylic acid groups (broad SMARTS) is 1. The Bertz CT molecular complexity index is 388. The number of aliphatic carboxylic acids is 1. The van der Waals surface area contributed by atoms with Crippen LogP contribution in [0, 0.1) is 0 Å². The first kappa shape index (κ1) is 11.0. The van der Waals surface area contributed by atoms with E-state index in [9.17, 15) is 9.59 Å². The van der Waals surface area contributed by atoms with Crippen molar-refractivity contribution in [3.05, 3.63) is 33.3 Å². The molecule has 1 N–H and O–H groups in total. The van der Waals surface area contributed by atoms with Gasteiger partial charge in [-0.25, -0.2) is 0 Å². The number of benzene rings is 1. The van der Waals surface area contributed by atoms with Gasteiger partial charge in [0.15, 0.2) is 0 Å². The fourth-order valence-electron chi connectivity index (χ4n) is 1.03. The molecular weight excluding hydrogens is 227 g/mol. The summed E-state index contributed by atoms with van der Waals surface area (Å²) in [5, 5.41) is 8.92. The van der Waals surface area contributed by atoms with Gasteiger partial charge in [0.05, 0.1) is 16.5 Å². The molecule has 1 rings (SSSR count). The summed E-state index contributed by atoms with van der Waals surface area (Å²) in [7, 11) is 0. The number of halogens is 2. The third-order valence-corrected chi connectivity index (χ3v) is 2.44. The predicted octanol–water partition coefficient (Wildman–Crippen LogP) is 2.43. The quantitative estimate of drug-likeness (QED) is 0.815. The molecule has 0 spiro atoms. The van der Waals surface area contributed by atoms with Crippen molar-refractivity contribution in [3.8, 4) is 0 Å². The molecule has 1 aromatic carbocycles. The van der Waals surface area contributed by atoms with Crippen LogP contribution in [0.1, 0.15) is 15.9 Å². The minimum absolute atomic E-state index is 0.180. The average Bonchev–Trinajstić information content (AvgIpc) is 2.11. The van der Waals surface area contributed by atoms with E-state index in [0.717, 1.165) is 0 Å². The number of hydrogen-bond donors (Lipinski definition) is 1. The number of carboxylic acids is 1. The Morgan fingerprint density at radius 1 is 1.43 bits per heavy atom. The molecule has 1 aromatic rings. The molecule has 0 saturated carbocycles. The van der Waals surface area contributed by atoms with Crippen molar-refractivity contribution in [2.24, 2.45) is 0 Å². The lowest BCUT2D eigenvalue weighted by molar-refractivity contribution is -0.136. The first-order valence-corrected chi connectivity index (χ1v) is 4.45. The van der Waals surface area contributed by atoms with E-state index in [-0.39, 0.29) is 16.5 Å². The molecule has 3 nitrogen and oxygen atoms in total. The number of aldehydes is 1. The summed E-state index contributed by atoms with van der Waals surface area (Å²) >= 11 is 11.5. The van der Waals surface area contributed by atoms with Gasteiger partial charge in [-0.3, -0.25) is 9.59 Å². The molecule has 74 valence electrons. The van der Waals surface area contributed by atoms with Gasteiger partial charge >= 0.3 is 5.97 Å². The second kappa shape index (κ2) is 4.44. The standard InChI is InChI=1S/C9H6Cl2O3/c10-7-2-5(4-12)1-6(9(7)11)3-8(13)14/h1-2,4H,3H2,(H,13,14). The predicted molar refractivity (Wildman–Crippen MR) is 53.2 cm³/mol. The van der Waals surface area contributed by atoms with Crippen LogP contribution in [0.25, 0.3) is 0 Å². The first-order valence-electron chi connectivity index (χ1n) is 3.69. The van der Waals surface area contributed by atoms with Gasteiger partial charge < -0.3 is 5.11 Å². The fraction of sp³-hybridized carbons (Fsp3) is 0.111. The zero-order valence-corrected chi connectivity index (χ0v) is 8.47. The van der Waals surface area contributed by atoms with Crippen LogP contribution in [0.4, 0.5) is 0 Å². The molecule has 0 aliphatic carbocycles. The molecule has 0 aliphatic rings. The van der Waals surface area contributed by atoms with Gasteiger partial charge in [0.1, 0.15) is 6.29 Å². The molecule has 0 unspecified atom stereocenters. The van der Waals surface area contributed by atoms with Crippen molar-refractivity contribution in [3.63, 3.8) is 0 Å². The van der Waals surface area contributed by atoms with Crippen LogP contribution in [0.5, 0.6) is 0 Å². The third kappa shape index (κ3) is 2.47. The molecule has 0 aliphatic heterocycles. The molecule has 5 heteroatoms. The molecule has 0 fully saturated rings. The highest BCUT2D eigenvalue weighted by Crippen LogP contribution is 2.27. The monoisotopic (exact) mass is 232 g/mol. The van der Waals surface area contributed by atoms with Crippen LogP contribution in [-0.4, -0.2) is 17.4 Å². The van der Waals surface area contributed by atoms with Gasteiger partial charge in [-0.05, 0) is 17.7 Å². The number of carbonyl (C=O) groups is 2. The third-order valence-electron chi connectivity index (χ3n) is 1.60. The maximum atomic E-state index is 10.5. The molecule has 0 bridgehead atoms. The van der Waals surface area contributed by atoms with Crippen molar-refractivity contribution in [2.45, 2.75) is 6.42 Å². The summed E-state index contributed by atoms with van der Waals surface area (Å²) in [6, 6.07) is 2.80. The zero-order chi connectivity index (χ0) is 10.7. The highest BCUT2D eigenvalue weighted by Gasteiger charge is 2.10. The highest BCUT2D eigenvalue weighted by molar-refractivity contribution is 6.42. The Labute approximate surface area is 90.3 Å². The van der Waals surface area contributed by atoms with E-state index in [4.69, 9.17) is 28.3 Å². The maximum Gasteiger partial charge on any atom is 0.307 e. The van der Waals surface area contributed by atoms with E-state index in [1.165, 1.54) is 12.1 Å². The van der Waals surface area contributed by atoms with Crippen molar-refractivity contribution >= 4 is 35.5 Å². The van der Waals surface area contributed by atoms with Crippen LogP contribution >= 0.6 is 23.2 Å². The topological polar surface area (TPSA) is 54.4 Å². The summed E-state index contributed by atoms with van der Waals surface area (Å²) in [4.78, 5) is 20.9. The summed E-state index contributed by atoms with van der Waals surface area (Å²) < 4.78 is 0. The van der Waals surface area contributed by atoms with Gasteiger partial charge in [0.2, 0.25) is 0 Å². The van der Waals surface area contributed by atoms with Gasteiger partial charge in [-0.15, -0.1) is 0 Å². The number of hydrogen-bond acceptors (Lipinski definition) is 2. The molecule has 0 atom stereocenters. The van der Waals surface area contributed by atoms with E-state index >= 15 is 0 Å². The normalized spacial score (nSPS) is 9.86. The highest BCUT2D eigenvalue weighted by atomic mass is 35.5. The summed E-state index contributed by atoms with van der Waals surface area (Å²) in [6.07, 6.45) is 0.341. The van der Waals surface area contributed by atoms with E-state index in [1.54, 1.807) is 0 Å². The van der Waals surface area contributed by atoms with E-state index in [0.29, 0.717) is 17.4 Å². The zero-order valence-electron chi connectivity index (χ0n) is 6.96.